The van der Waals surface area contributed by atoms with Crippen molar-refractivity contribution < 1.29 is 4.39 Å². The van der Waals surface area contributed by atoms with E-state index in [1.165, 1.54) is 32.1 Å². The van der Waals surface area contributed by atoms with Gasteiger partial charge in [0, 0.05) is 6.04 Å². The Labute approximate surface area is 114 Å². The molecule has 0 aliphatic heterocycles. The number of benzene rings is 1. The summed E-state index contributed by atoms with van der Waals surface area (Å²) >= 11 is 5.71. The quantitative estimate of drug-likeness (QED) is 0.864. The van der Waals surface area contributed by atoms with Gasteiger partial charge in [0.2, 0.25) is 0 Å². The van der Waals surface area contributed by atoms with Gasteiger partial charge in [-0.05, 0) is 49.9 Å². The second kappa shape index (κ2) is 6.53. The van der Waals surface area contributed by atoms with Crippen LogP contribution >= 0.6 is 11.6 Å². The van der Waals surface area contributed by atoms with Crippen LogP contribution in [0.1, 0.15) is 37.7 Å². The highest BCUT2D eigenvalue weighted by Gasteiger charge is 2.22. The molecule has 1 aromatic rings. The van der Waals surface area contributed by atoms with Crippen molar-refractivity contribution in [1.82, 2.24) is 5.32 Å². The molecule has 0 spiro atoms. The van der Waals surface area contributed by atoms with Gasteiger partial charge in [-0.2, -0.15) is 0 Å². The van der Waals surface area contributed by atoms with E-state index in [4.69, 9.17) is 11.6 Å². The monoisotopic (exact) mass is 269 g/mol. The Bertz CT molecular complexity index is 388. The van der Waals surface area contributed by atoms with Gasteiger partial charge in [0.25, 0.3) is 0 Å². The minimum absolute atomic E-state index is 0.206. The zero-order valence-corrected chi connectivity index (χ0v) is 11.6. The van der Waals surface area contributed by atoms with Crippen LogP contribution < -0.4 is 5.32 Å². The van der Waals surface area contributed by atoms with Crippen LogP contribution in [0.25, 0.3) is 0 Å². The van der Waals surface area contributed by atoms with Crippen molar-refractivity contribution in [1.29, 1.82) is 0 Å². The summed E-state index contributed by atoms with van der Waals surface area (Å²) in [6, 6.07) is 5.60. The Morgan fingerprint density at radius 3 is 2.67 bits per heavy atom. The number of rotatable bonds is 4. The predicted molar refractivity (Wildman–Crippen MR) is 74.5 cm³/mol. The molecule has 0 saturated heterocycles. The molecule has 1 nitrogen and oxygen atoms in total. The van der Waals surface area contributed by atoms with Crippen molar-refractivity contribution in [3.8, 4) is 0 Å². The van der Waals surface area contributed by atoms with Gasteiger partial charge in [0.1, 0.15) is 5.82 Å². The second-order valence-corrected chi connectivity index (χ2v) is 5.65. The maximum Gasteiger partial charge on any atom is 0.142 e. The van der Waals surface area contributed by atoms with Crippen LogP contribution in [0, 0.1) is 11.7 Å². The summed E-state index contributed by atoms with van der Waals surface area (Å²) in [6.07, 6.45) is 7.50. The van der Waals surface area contributed by atoms with Crippen LogP contribution in [-0.2, 0) is 6.42 Å². The maximum atomic E-state index is 13.4. The van der Waals surface area contributed by atoms with E-state index in [2.05, 4.69) is 5.32 Å². The largest absolute Gasteiger partial charge is 0.316 e. The SMILES string of the molecule is CNC(Cc1ccc(Cl)c(F)c1)C1CCCCC1. The molecule has 0 heterocycles. The second-order valence-electron chi connectivity index (χ2n) is 5.25. The molecule has 0 aromatic heterocycles. The van der Waals surface area contributed by atoms with E-state index in [-0.39, 0.29) is 10.8 Å². The number of hydrogen-bond acceptors (Lipinski definition) is 1. The first kappa shape index (κ1) is 13.8. The molecule has 1 unspecified atom stereocenters. The lowest BCUT2D eigenvalue weighted by Crippen LogP contribution is -2.36. The fourth-order valence-electron chi connectivity index (χ4n) is 2.96. The van der Waals surface area contributed by atoms with E-state index >= 15 is 0 Å². The minimum atomic E-state index is -0.312. The van der Waals surface area contributed by atoms with E-state index in [0.29, 0.717) is 6.04 Å². The maximum absolute atomic E-state index is 13.4. The molecule has 1 fully saturated rings. The van der Waals surface area contributed by atoms with Crippen molar-refractivity contribution in [2.75, 3.05) is 7.05 Å². The molecule has 0 amide bonds. The van der Waals surface area contributed by atoms with E-state index in [1.54, 1.807) is 12.1 Å². The summed E-state index contributed by atoms with van der Waals surface area (Å²) in [5, 5.41) is 3.60. The molecular weight excluding hydrogens is 249 g/mol. The fraction of sp³-hybridized carbons (Fsp3) is 0.600. The lowest BCUT2D eigenvalue weighted by molar-refractivity contribution is 0.276. The van der Waals surface area contributed by atoms with E-state index in [1.807, 2.05) is 13.1 Å². The third kappa shape index (κ3) is 3.46. The number of nitrogens with one attached hydrogen (secondary N) is 1. The number of hydrogen-bond donors (Lipinski definition) is 1. The zero-order chi connectivity index (χ0) is 13.0. The number of likely N-dealkylation sites (N-methyl/N-ethyl adjacent to an activating group) is 1. The Balaban J connectivity index is 2.02. The van der Waals surface area contributed by atoms with Crippen molar-refractivity contribution in [3.05, 3.63) is 34.6 Å². The van der Waals surface area contributed by atoms with E-state index in [9.17, 15) is 4.39 Å². The van der Waals surface area contributed by atoms with Crippen LogP contribution in [0.2, 0.25) is 5.02 Å². The molecule has 1 N–H and O–H groups in total. The molecule has 18 heavy (non-hydrogen) atoms. The van der Waals surface area contributed by atoms with E-state index in [0.717, 1.165) is 17.9 Å². The highest BCUT2D eigenvalue weighted by atomic mass is 35.5. The lowest BCUT2D eigenvalue weighted by Gasteiger charge is -2.30. The fourth-order valence-corrected chi connectivity index (χ4v) is 3.08. The Kier molecular flexibility index (Phi) is 5.02. The van der Waals surface area contributed by atoms with Gasteiger partial charge in [-0.3, -0.25) is 0 Å². The van der Waals surface area contributed by atoms with Gasteiger partial charge in [0.15, 0.2) is 0 Å². The highest BCUT2D eigenvalue weighted by Crippen LogP contribution is 2.28. The summed E-state index contributed by atoms with van der Waals surface area (Å²) in [4.78, 5) is 0. The third-order valence-electron chi connectivity index (χ3n) is 4.03. The summed E-state index contributed by atoms with van der Waals surface area (Å²) in [5.74, 6) is 0.412. The van der Waals surface area contributed by atoms with E-state index < -0.39 is 0 Å². The Morgan fingerprint density at radius 1 is 1.33 bits per heavy atom. The van der Waals surface area contributed by atoms with Crippen molar-refractivity contribution in [2.45, 2.75) is 44.6 Å². The summed E-state index contributed by atoms with van der Waals surface area (Å²) in [7, 11) is 2.01. The molecule has 3 heteroatoms. The van der Waals surface area contributed by atoms with Crippen LogP contribution in [0.15, 0.2) is 18.2 Å². The summed E-state index contributed by atoms with van der Waals surface area (Å²) in [5.41, 5.74) is 1.03. The molecule has 0 bridgehead atoms. The molecule has 1 aliphatic carbocycles. The van der Waals surface area contributed by atoms with Crippen LogP contribution in [0.5, 0.6) is 0 Å². The smallest absolute Gasteiger partial charge is 0.142 e. The molecule has 1 atom stereocenters. The first-order chi connectivity index (χ1) is 8.70. The van der Waals surface area contributed by atoms with Crippen LogP contribution in [0.4, 0.5) is 4.39 Å². The predicted octanol–water partition coefficient (Wildman–Crippen LogP) is 4.19. The van der Waals surface area contributed by atoms with Crippen molar-refractivity contribution in [3.63, 3.8) is 0 Å². The summed E-state index contributed by atoms with van der Waals surface area (Å²) in [6.45, 7) is 0. The third-order valence-corrected chi connectivity index (χ3v) is 4.34. The van der Waals surface area contributed by atoms with Gasteiger partial charge in [0.05, 0.1) is 5.02 Å². The Morgan fingerprint density at radius 2 is 2.06 bits per heavy atom. The first-order valence-electron chi connectivity index (χ1n) is 6.82. The molecule has 1 saturated carbocycles. The topological polar surface area (TPSA) is 12.0 Å². The standard InChI is InChI=1S/C15H21ClFN/c1-18-15(12-5-3-2-4-6-12)10-11-7-8-13(16)14(17)9-11/h7-9,12,15,18H,2-6,10H2,1H3. The minimum Gasteiger partial charge on any atom is -0.316 e. The van der Waals surface area contributed by atoms with Gasteiger partial charge in [-0.15, -0.1) is 0 Å². The van der Waals surface area contributed by atoms with Crippen molar-refractivity contribution in [2.24, 2.45) is 5.92 Å². The molecule has 1 aromatic carbocycles. The average Bonchev–Trinajstić information content (AvgIpc) is 2.41. The molecule has 1 aliphatic rings. The molecule has 2 rings (SSSR count). The van der Waals surface area contributed by atoms with Crippen LogP contribution in [0.3, 0.4) is 0 Å². The average molecular weight is 270 g/mol. The van der Waals surface area contributed by atoms with Gasteiger partial charge < -0.3 is 5.32 Å². The zero-order valence-electron chi connectivity index (χ0n) is 10.9. The van der Waals surface area contributed by atoms with Gasteiger partial charge in [-0.1, -0.05) is 36.9 Å². The summed E-state index contributed by atoms with van der Waals surface area (Å²) < 4.78 is 13.4. The molecule has 0 radical (unpaired) electrons. The Hall–Kier alpha value is -0.600. The van der Waals surface area contributed by atoms with Gasteiger partial charge >= 0.3 is 0 Å². The van der Waals surface area contributed by atoms with Crippen molar-refractivity contribution >= 4 is 11.6 Å². The number of halogens is 2. The first-order valence-corrected chi connectivity index (χ1v) is 7.19. The molecular formula is C15H21ClFN. The highest BCUT2D eigenvalue weighted by molar-refractivity contribution is 6.30. The normalized spacial score (nSPS) is 18.8. The lowest BCUT2D eigenvalue weighted by atomic mass is 9.81. The van der Waals surface area contributed by atoms with Gasteiger partial charge in [-0.25, -0.2) is 4.39 Å². The molecule has 100 valence electrons. The van der Waals surface area contributed by atoms with Crippen LogP contribution in [-0.4, -0.2) is 13.1 Å².